The van der Waals surface area contributed by atoms with Crippen LogP contribution in [0.2, 0.25) is 0 Å². The van der Waals surface area contributed by atoms with Crippen molar-refractivity contribution in [3.8, 4) is 0 Å². The number of aryl methyl sites for hydroxylation is 1. The first-order chi connectivity index (χ1) is 8.36. The van der Waals surface area contributed by atoms with E-state index < -0.39 is 10.6 Å². The molecule has 0 aromatic heterocycles. The van der Waals surface area contributed by atoms with Crippen LogP contribution in [0.25, 0.3) is 6.08 Å². The van der Waals surface area contributed by atoms with E-state index in [1.807, 2.05) is 31.2 Å². The van der Waals surface area contributed by atoms with Crippen LogP contribution in [-0.2, 0) is 9.53 Å². The van der Waals surface area contributed by atoms with E-state index in [1.54, 1.807) is 13.0 Å². The van der Waals surface area contributed by atoms with E-state index in [2.05, 4.69) is 5.32 Å². The molecule has 0 bridgehead atoms. The monoisotopic (exact) mass is 285 g/mol. The number of amides is 1. The first-order valence-corrected chi connectivity index (χ1v) is 6.25. The summed E-state index contributed by atoms with van der Waals surface area (Å²) in [7, 11) is 0. The average molecular weight is 286 g/mol. The summed E-state index contributed by atoms with van der Waals surface area (Å²) in [6.07, 6.45) is 0.930. The SMILES string of the molecule is Cc1ccc(/C=C2\OC(C(C)(Cl)Cl)NC2=O)cc1. The Hall–Kier alpha value is -1.19. The summed E-state index contributed by atoms with van der Waals surface area (Å²) in [5.41, 5.74) is 2.04. The first-order valence-electron chi connectivity index (χ1n) is 5.50. The van der Waals surface area contributed by atoms with Crippen LogP contribution in [-0.4, -0.2) is 16.5 Å². The van der Waals surface area contributed by atoms with Gasteiger partial charge in [0.1, 0.15) is 0 Å². The number of rotatable bonds is 2. The number of ether oxygens (including phenoxy) is 1. The first kappa shape index (κ1) is 13.2. The number of benzene rings is 1. The van der Waals surface area contributed by atoms with Gasteiger partial charge in [-0.3, -0.25) is 4.79 Å². The number of halogens is 2. The lowest BCUT2D eigenvalue weighted by Gasteiger charge is -2.19. The highest BCUT2D eigenvalue weighted by Crippen LogP contribution is 2.30. The van der Waals surface area contributed by atoms with E-state index in [9.17, 15) is 4.79 Å². The number of hydrogen-bond donors (Lipinski definition) is 1. The Labute approximate surface area is 116 Å². The maximum atomic E-state index is 11.7. The highest BCUT2D eigenvalue weighted by Gasteiger charge is 2.40. The Bertz CT molecular complexity index is 489. The van der Waals surface area contributed by atoms with E-state index in [-0.39, 0.29) is 11.7 Å². The maximum Gasteiger partial charge on any atom is 0.289 e. The Morgan fingerprint density at radius 2 is 1.94 bits per heavy atom. The van der Waals surface area contributed by atoms with Crippen molar-refractivity contribution < 1.29 is 9.53 Å². The molecule has 1 aliphatic rings. The molecule has 1 aromatic rings. The minimum atomic E-state index is -1.17. The number of carbonyl (C=O) groups is 1. The van der Waals surface area contributed by atoms with Gasteiger partial charge in [0.2, 0.25) is 6.23 Å². The lowest BCUT2D eigenvalue weighted by Crippen LogP contribution is -2.39. The summed E-state index contributed by atoms with van der Waals surface area (Å²) in [4.78, 5) is 11.7. The van der Waals surface area contributed by atoms with Crippen LogP contribution in [0.15, 0.2) is 30.0 Å². The average Bonchev–Trinajstić information content (AvgIpc) is 2.63. The fraction of sp³-hybridized carbons (Fsp3) is 0.308. The quantitative estimate of drug-likeness (QED) is 0.670. The van der Waals surface area contributed by atoms with Gasteiger partial charge in [0.15, 0.2) is 10.1 Å². The Kier molecular flexibility index (Phi) is 3.55. The molecule has 1 N–H and O–H groups in total. The third-order valence-electron chi connectivity index (χ3n) is 2.57. The van der Waals surface area contributed by atoms with E-state index in [1.165, 1.54) is 0 Å². The number of nitrogens with one attached hydrogen (secondary N) is 1. The van der Waals surface area contributed by atoms with Crippen LogP contribution in [0.3, 0.4) is 0 Å². The standard InChI is InChI=1S/C13H13Cl2NO2/c1-8-3-5-9(6-4-8)7-10-11(17)16-12(18-10)13(2,14)15/h3-7,12H,1-2H3,(H,16,17)/b10-7-. The second-order valence-electron chi connectivity index (χ2n) is 4.35. The minimum Gasteiger partial charge on any atom is -0.462 e. The van der Waals surface area contributed by atoms with Gasteiger partial charge in [-0.2, -0.15) is 0 Å². The van der Waals surface area contributed by atoms with E-state index in [0.29, 0.717) is 0 Å². The summed E-state index contributed by atoms with van der Waals surface area (Å²) in [5, 5.41) is 2.58. The molecule has 1 saturated heterocycles. The van der Waals surface area contributed by atoms with Gasteiger partial charge in [-0.25, -0.2) is 0 Å². The Morgan fingerprint density at radius 1 is 1.33 bits per heavy atom. The third kappa shape index (κ3) is 2.98. The van der Waals surface area contributed by atoms with Crippen molar-refractivity contribution in [1.29, 1.82) is 0 Å². The molecule has 5 heteroatoms. The summed E-state index contributed by atoms with van der Waals surface area (Å²) in [6, 6.07) is 7.74. The lowest BCUT2D eigenvalue weighted by atomic mass is 10.1. The molecule has 3 nitrogen and oxygen atoms in total. The highest BCUT2D eigenvalue weighted by molar-refractivity contribution is 6.48. The van der Waals surface area contributed by atoms with Gasteiger partial charge in [-0.15, -0.1) is 0 Å². The molecule has 18 heavy (non-hydrogen) atoms. The van der Waals surface area contributed by atoms with Crippen molar-refractivity contribution in [3.63, 3.8) is 0 Å². The van der Waals surface area contributed by atoms with Crippen LogP contribution in [0.5, 0.6) is 0 Å². The van der Waals surface area contributed by atoms with Crippen LogP contribution in [0.1, 0.15) is 18.1 Å². The van der Waals surface area contributed by atoms with Gasteiger partial charge in [0.25, 0.3) is 5.91 Å². The lowest BCUT2D eigenvalue weighted by molar-refractivity contribution is -0.116. The molecule has 0 radical (unpaired) electrons. The molecule has 2 rings (SSSR count). The van der Waals surface area contributed by atoms with Gasteiger partial charge in [0.05, 0.1) is 0 Å². The smallest absolute Gasteiger partial charge is 0.289 e. The van der Waals surface area contributed by atoms with Crippen molar-refractivity contribution in [2.45, 2.75) is 24.4 Å². The predicted molar refractivity (Wildman–Crippen MR) is 72.3 cm³/mol. The minimum absolute atomic E-state index is 0.219. The van der Waals surface area contributed by atoms with Gasteiger partial charge < -0.3 is 10.1 Å². The van der Waals surface area contributed by atoms with Gasteiger partial charge >= 0.3 is 0 Å². The molecule has 1 amide bonds. The zero-order valence-corrected chi connectivity index (χ0v) is 11.5. The second-order valence-corrected chi connectivity index (χ2v) is 6.11. The zero-order chi connectivity index (χ0) is 13.3. The Balaban J connectivity index is 2.19. The molecule has 1 fully saturated rings. The van der Waals surface area contributed by atoms with Crippen molar-refractivity contribution in [3.05, 3.63) is 41.2 Å². The normalized spacial score (nSPS) is 21.9. The summed E-state index contributed by atoms with van der Waals surface area (Å²) < 4.78 is 4.24. The summed E-state index contributed by atoms with van der Waals surface area (Å²) in [5.74, 6) is -0.0931. The number of carbonyl (C=O) groups excluding carboxylic acids is 1. The fourth-order valence-corrected chi connectivity index (χ4v) is 1.74. The molecular weight excluding hydrogens is 273 g/mol. The molecule has 1 aliphatic heterocycles. The third-order valence-corrected chi connectivity index (χ3v) is 2.96. The summed E-state index contributed by atoms with van der Waals surface area (Å²) >= 11 is 11.8. The van der Waals surface area contributed by atoms with E-state index in [4.69, 9.17) is 27.9 Å². The molecule has 0 aliphatic carbocycles. The summed E-state index contributed by atoms with van der Waals surface area (Å²) in [6.45, 7) is 3.56. The van der Waals surface area contributed by atoms with Crippen LogP contribution in [0, 0.1) is 6.92 Å². The van der Waals surface area contributed by atoms with Crippen molar-refractivity contribution >= 4 is 35.2 Å². The van der Waals surface area contributed by atoms with Crippen LogP contribution in [0.4, 0.5) is 0 Å². The zero-order valence-electron chi connectivity index (χ0n) is 10.0. The molecule has 0 spiro atoms. The van der Waals surface area contributed by atoms with Gasteiger partial charge in [-0.1, -0.05) is 53.0 Å². The van der Waals surface area contributed by atoms with E-state index in [0.717, 1.165) is 11.1 Å². The van der Waals surface area contributed by atoms with Crippen molar-refractivity contribution in [2.75, 3.05) is 0 Å². The van der Waals surface area contributed by atoms with Crippen LogP contribution >= 0.6 is 23.2 Å². The largest absolute Gasteiger partial charge is 0.462 e. The predicted octanol–water partition coefficient (Wildman–Crippen LogP) is 3.00. The van der Waals surface area contributed by atoms with E-state index >= 15 is 0 Å². The molecule has 0 saturated carbocycles. The van der Waals surface area contributed by atoms with Crippen molar-refractivity contribution in [2.24, 2.45) is 0 Å². The number of hydrogen-bond acceptors (Lipinski definition) is 2. The van der Waals surface area contributed by atoms with Crippen molar-refractivity contribution in [1.82, 2.24) is 5.32 Å². The molecule has 1 aromatic carbocycles. The second kappa shape index (κ2) is 4.82. The molecule has 1 atom stereocenters. The topological polar surface area (TPSA) is 38.3 Å². The Morgan fingerprint density at radius 3 is 2.44 bits per heavy atom. The highest BCUT2D eigenvalue weighted by atomic mass is 35.5. The maximum absolute atomic E-state index is 11.7. The van der Waals surface area contributed by atoms with Crippen LogP contribution < -0.4 is 5.32 Å². The van der Waals surface area contributed by atoms with Gasteiger partial charge in [0, 0.05) is 0 Å². The number of alkyl halides is 2. The molecule has 1 unspecified atom stereocenters. The molecule has 96 valence electrons. The fourth-order valence-electron chi connectivity index (χ4n) is 1.54. The molecule has 1 heterocycles. The van der Waals surface area contributed by atoms with Gasteiger partial charge in [-0.05, 0) is 25.5 Å². The molecular formula is C13H13Cl2NO2.